The number of aromatic nitrogens is 3. The topological polar surface area (TPSA) is 308 Å². The van der Waals surface area contributed by atoms with Gasteiger partial charge in [0.2, 0.25) is 17.7 Å². The molecular weight excluding hydrogens is 718 g/mol. The molecule has 6 N–H and O–H groups in total. The fraction of sp³-hybridized carbons (Fsp3) is 0.0455. The Bertz CT molecular complexity index is 2180. The summed E-state index contributed by atoms with van der Waals surface area (Å²) in [5.41, 5.74) is -3.68. The van der Waals surface area contributed by atoms with Crippen molar-refractivity contribution in [1.29, 1.82) is 0 Å². The standard InChI is InChI=1S/C22H16F2N8O13S3/c1-9-4-13(19(48(41,42)43)8-17(9)46-45-44-37)26-21-28-20(24)29-22(30-21)27-14-5-10(2-3-18(14)47(38,39)40)25-12-6-11(23)15(31(33)34)7-16(12)32(35)36/h2-8,25,37H,1H3,(H,38,39,40)(H,41,42,43)(H2,26,27,28,29,30). The van der Waals surface area contributed by atoms with E-state index in [9.17, 15) is 55.0 Å². The first kappa shape index (κ1) is 35.6. The molecule has 0 radical (unpaired) electrons. The van der Waals surface area contributed by atoms with Gasteiger partial charge in [-0.3, -0.25) is 29.3 Å². The van der Waals surface area contributed by atoms with Crippen LogP contribution < -0.4 is 16.0 Å². The highest BCUT2D eigenvalue weighted by atomic mass is 32.2. The number of nitrogens with one attached hydrogen (secondary N) is 3. The lowest BCUT2D eigenvalue weighted by molar-refractivity contribution is -0.432. The Labute approximate surface area is 269 Å². The molecule has 4 aromatic rings. The van der Waals surface area contributed by atoms with Gasteiger partial charge < -0.3 is 16.0 Å². The molecule has 1 heterocycles. The predicted molar refractivity (Wildman–Crippen MR) is 157 cm³/mol. The predicted octanol–water partition coefficient (Wildman–Crippen LogP) is 4.43. The van der Waals surface area contributed by atoms with E-state index in [1.807, 2.05) is 0 Å². The smallest absolute Gasteiger partial charge is 0.315 e. The highest BCUT2D eigenvalue weighted by Gasteiger charge is 2.26. The van der Waals surface area contributed by atoms with Crippen molar-refractivity contribution in [3.63, 3.8) is 0 Å². The molecule has 0 aliphatic rings. The molecule has 48 heavy (non-hydrogen) atoms. The van der Waals surface area contributed by atoms with Crippen molar-refractivity contribution < 1.29 is 59.2 Å². The Morgan fingerprint density at radius 1 is 0.792 bits per heavy atom. The summed E-state index contributed by atoms with van der Waals surface area (Å²) in [7, 11) is -10.0. The Kier molecular flexibility index (Phi) is 10.3. The summed E-state index contributed by atoms with van der Waals surface area (Å²) in [4.78, 5) is 29.2. The van der Waals surface area contributed by atoms with E-state index in [-0.39, 0.29) is 16.1 Å². The van der Waals surface area contributed by atoms with E-state index in [4.69, 9.17) is 5.26 Å². The number of aryl methyl sites for hydroxylation is 1. The number of nitrogens with zero attached hydrogens (tertiary/aromatic N) is 5. The fourth-order valence-electron chi connectivity index (χ4n) is 3.85. The summed E-state index contributed by atoms with van der Waals surface area (Å²) in [5.74, 6) is -2.91. The maximum absolute atomic E-state index is 14.5. The second-order valence-corrected chi connectivity index (χ2v) is 12.5. The van der Waals surface area contributed by atoms with Gasteiger partial charge in [0.15, 0.2) is 0 Å². The Morgan fingerprint density at radius 3 is 1.92 bits per heavy atom. The van der Waals surface area contributed by atoms with Crippen molar-refractivity contribution in [3.05, 3.63) is 80.2 Å². The molecule has 4 rings (SSSR count). The van der Waals surface area contributed by atoms with Crippen LogP contribution in [0.1, 0.15) is 5.56 Å². The molecule has 1 aromatic heterocycles. The molecule has 0 aliphatic heterocycles. The summed E-state index contributed by atoms with van der Waals surface area (Å²) < 4.78 is 101. The lowest BCUT2D eigenvalue weighted by Gasteiger charge is -2.15. The van der Waals surface area contributed by atoms with Crippen LogP contribution in [-0.2, 0) is 29.6 Å². The molecule has 0 unspecified atom stereocenters. The average Bonchev–Trinajstić information content (AvgIpc) is 2.95. The van der Waals surface area contributed by atoms with Crippen molar-refractivity contribution >= 4 is 78.3 Å². The number of hydrogen-bond donors (Lipinski definition) is 6. The maximum atomic E-state index is 14.5. The lowest BCUT2D eigenvalue weighted by atomic mass is 10.2. The summed E-state index contributed by atoms with van der Waals surface area (Å²) in [5, 5.41) is 41.4. The first-order valence-corrected chi connectivity index (χ1v) is 15.7. The Morgan fingerprint density at radius 2 is 1.38 bits per heavy atom. The quantitative estimate of drug-likeness (QED) is 0.0364. The average molecular weight is 735 g/mol. The molecule has 0 atom stereocenters. The van der Waals surface area contributed by atoms with Crippen molar-refractivity contribution in [2.75, 3.05) is 16.0 Å². The lowest BCUT2D eigenvalue weighted by Crippen LogP contribution is -2.10. The molecule has 3 aromatic carbocycles. The van der Waals surface area contributed by atoms with E-state index < -0.39 is 92.1 Å². The summed E-state index contributed by atoms with van der Waals surface area (Å²) in [6, 6.07) is 5.45. The number of benzene rings is 3. The normalized spacial score (nSPS) is 11.6. The van der Waals surface area contributed by atoms with Crippen LogP contribution in [0.25, 0.3) is 0 Å². The number of rotatable bonds is 13. The van der Waals surface area contributed by atoms with Crippen molar-refractivity contribution in [1.82, 2.24) is 15.0 Å². The number of anilines is 6. The van der Waals surface area contributed by atoms with Gasteiger partial charge in [0.05, 0.1) is 39.3 Å². The van der Waals surface area contributed by atoms with Gasteiger partial charge in [-0.25, -0.2) is 5.26 Å². The van der Waals surface area contributed by atoms with Crippen LogP contribution in [0.4, 0.5) is 54.8 Å². The Balaban J connectivity index is 1.74. The van der Waals surface area contributed by atoms with E-state index in [0.29, 0.717) is 24.2 Å². The van der Waals surface area contributed by atoms with Crippen LogP contribution in [0, 0.1) is 39.0 Å². The van der Waals surface area contributed by atoms with Crippen LogP contribution in [-0.4, -0.2) is 56.0 Å². The fourth-order valence-corrected chi connectivity index (χ4v) is 5.67. The summed E-state index contributed by atoms with van der Waals surface area (Å²) >= 11 is 0.367. The van der Waals surface area contributed by atoms with Gasteiger partial charge in [-0.2, -0.15) is 40.6 Å². The van der Waals surface area contributed by atoms with Crippen LogP contribution in [0.5, 0.6) is 0 Å². The van der Waals surface area contributed by atoms with E-state index in [0.717, 1.165) is 30.3 Å². The first-order chi connectivity index (χ1) is 22.4. The van der Waals surface area contributed by atoms with Crippen molar-refractivity contribution in [3.8, 4) is 0 Å². The molecule has 0 saturated carbocycles. The number of hydrogen-bond acceptors (Lipinski definition) is 18. The third-order valence-electron chi connectivity index (χ3n) is 5.81. The van der Waals surface area contributed by atoms with Gasteiger partial charge in [0.25, 0.3) is 25.9 Å². The van der Waals surface area contributed by atoms with E-state index in [1.54, 1.807) is 0 Å². The van der Waals surface area contributed by atoms with Gasteiger partial charge in [-0.15, -0.1) is 4.33 Å². The minimum absolute atomic E-state index is 0.0411. The van der Waals surface area contributed by atoms with Gasteiger partial charge in [-0.1, -0.05) is 5.04 Å². The molecule has 0 saturated heterocycles. The molecule has 26 heteroatoms. The number of halogens is 2. The van der Waals surface area contributed by atoms with Gasteiger partial charge in [0.1, 0.15) is 15.5 Å². The van der Waals surface area contributed by atoms with E-state index >= 15 is 0 Å². The van der Waals surface area contributed by atoms with Gasteiger partial charge in [0, 0.05) is 16.6 Å². The van der Waals surface area contributed by atoms with E-state index in [1.165, 1.54) is 6.92 Å². The van der Waals surface area contributed by atoms with Crippen LogP contribution in [0.2, 0.25) is 0 Å². The highest BCUT2D eigenvalue weighted by Crippen LogP contribution is 2.36. The maximum Gasteiger partial charge on any atom is 0.315 e. The largest absolute Gasteiger partial charge is 0.350 e. The molecular formula is C22H16F2N8O13S3. The molecule has 0 aliphatic carbocycles. The monoisotopic (exact) mass is 734 g/mol. The summed E-state index contributed by atoms with van der Waals surface area (Å²) in [6.07, 6.45) is -1.51. The third-order valence-corrected chi connectivity index (χ3v) is 8.36. The zero-order chi connectivity index (χ0) is 35.6. The molecule has 0 bridgehead atoms. The van der Waals surface area contributed by atoms with Gasteiger partial charge in [-0.05, 0) is 42.8 Å². The number of nitro benzene ring substituents is 2. The third kappa shape index (κ3) is 8.38. The van der Waals surface area contributed by atoms with Crippen LogP contribution in [0.3, 0.4) is 0 Å². The molecule has 0 spiro atoms. The SMILES string of the molecule is Cc1cc(Nc2nc(F)nc(Nc3cc(Nc4cc(F)c([N+](=O)[O-])cc4[N+](=O)[O-])ccc3S(=O)(=O)O)n2)c(S(=O)(=O)O)cc1SOOO. The zero-order valence-corrected chi connectivity index (χ0v) is 25.6. The zero-order valence-electron chi connectivity index (χ0n) is 23.2. The van der Waals surface area contributed by atoms with Gasteiger partial charge >= 0.3 is 11.8 Å². The molecule has 0 fully saturated rings. The Hall–Kier alpha value is -5.22. The van der Waals surface area contributed by atoms with Crippen LogP contribution in [0.15, 0.2) is 57.2 Å². The van der Waals surface area contributed by atoms with E-state index in [2.05, 4.69) is 40.3 Å². The molecule has 0 amide bonds. The minimum atomic E-state index is -5.04. The summed E-state index contributed by atoms with van der Waals surface area (Å²) in [6.45, 7) is 1.45. The number of nitro groups is 2. The second-order valence-electron chi connectivity index (χ2n) is 8.96. The van der Waals surface area contributed by atoms with Crippen molar-refractivity contribution in [2.45, 2.75) is 21.6 Å². The van der Waals surface area contributed by atoms with Crippen LogP contribution >= 0.6 is 12.0 Å². The highest BCUT2D eigenvalue weighted by molar-refractivity contribution is 7.94. The molecule has 254 valence electrons. The molecule has 21 nitrogen and oxygen atoms in total. The minimum Gasteiger partial charge on any atom is -0.350 e. The first-order valence-electron chi connectivity index (χ1n) is 12.1. The second kappa shape index (κ2) is 13.9. The van der Waals surface area contributed by atoms with Crippen molar-refractivity contribution in [2.24, 2.45) is 0 Å².